The van der Waals surface area contributed by atoms with Gasteiger partial charge in [-0.3, -0.25) is 0 Å². The van der Waals surface area contributed by atoms with Crippen LogP contribution >= 0.6 is 27.5 Å². The zero-order valence-electron chi connectivity index (χ0n) is 10.4. The van der Waals surface area contributed by atoms with Gasteiger partial charge < -0.3 is 10.5 Å². The molecule has 0 aliphatic heterocycles. The fraction of sp³-hybridized carbons (Fsp3) is 0. The summed E-state index contributed by atoms with van der Waals surface area (Å²) in [5.74, 6) is 1.20. The first-order valence-electron chi connectivity index (χ1n) is 6.04. The standard InChI is InChI=1S/C16H11BrClNO/c17-12-6-4-11-9-13(7-5-10(11)8-12)20-16-14(18)2-1-3-15(16)19/h1-9H,19H2. The molecule has 0 aromatic heterocycles. The molecule has 2 N–H and O–H groups in total. The van der Waals surface area contributed by atoms with E-state index in [9.17, 15) is 0 Å². The Bertz CT molecular complexity index is 768. The zero-order valence-corrected chi connectivity index (χ0v) is 12.8. The summed E-state index contributed by atoms with van der Waals surface area (Å²) in [6.45, 7) is 0. The molecule has 0 heterocycles. The number of hydrogen-bond donors (Lipinski definition) is 1. The lowest BCUT2D eigenvalue weighted by atomic mass is 10.1. The smallest absolute Gasteiger partial charge is 0.168 e. The van der Waals surface area contributed by atoms with Crippen LogP contribution < -0.4 is 10.5 Å². The lowest BCUT2D eigenvalue weighted by Crippen LogP contribution is -1.92. The molecule has 0 unspecified atom stereocenters. The molecule has 0 aliphatic rings. The summed E-state index contributed by atoms with van der Waals surface area (Å²) in [5.41, 5.74) is 6.41. The number of anilines is 1. The van der Waals surface area contributed by atoms with Crippen LogP contribution in [0.15, 0.2) is 59.1 Å². The minimum atomic E-state index is 0.491. The summed E-state index contributed by atoms with van der Waals surface area (Å²) in [6.07, 6.45) is 0. The Kier molecular flexibility index (Phi) is 3.55. The number of para-hydroxylation sites is 1. The fourth-order valence-electron chi connectivity index (χ4n) is 2.01. The fourth-order valence-corrected chi connectivity index (χ4v) is 2.61. The highest BCUT2D eigenvalue weighted by Crippen LogP contribution is 2.35. The molecule has 2 nitrogen and oxygen atoms in total. The van der Waals surface area contributed by atoms with Crippen LogP contribution in [0.25, 0.3) is 10.8 Å². The van der Waals surface area contributed by atoms with Gasteiger partial charge in [0.1, 0.15) is 5.75 Å². The van der Waals surface area contributed by atoms with Crippen molar-refractivity contribution >= 4 is 44.0 Å². The van der Waals surface area contributed by atoms with E-state index in [0.29, 0.717) is 22.2 Å². The van der Waals surface area contributed by atoms with Crippen molar-refractivity contribution in [3.8, 4) is 11.5 Å². The molecule has 0 atom stereocenters. The number of ether oxygens (including phenoxy) is 1. The van der Waals surface area contributed by atoms with E-state index in [1.165, 1.54) is 0 Å². The molecule has 0 aliphatic carbocycles. The molecular formula is C16H11BrClNO. The van der Waals surface area contributed by atoms with Gasteiger partial charge in [0, 0.05) is 4.47 Å². The predicted molar refractivity (Wildman–Crippen MR) is 87.6 cm³/mol. The maximum Gasteiger partial charge on any atom is 0.168 e. The zero-order chi connectivity index (χ0) is 14.1. The first-order valence-corrected chi connectivity index (χ1v) is 7.22. The van der Waals surface area contributed by atoms with Crippen molar-refractivity contribution in [3.63, 3.8) is 0 Å². The summed E-state index contributed by atoms with van der Waals surface area (Å²) < 4.78 is 6.86. The molecular weight excluding hydrogens is 338 g/mol. The van der Waals surface area contributed by atoms with E-state index in [0.717, 1.165) is 15.2 Å². The van der Waals surface area contributed by atoms with Crippen LogP contribution in [0.3, 0.4) is 0 Å². The minimum absolute atomic E-state index is 0.491. The number of halogens is 2. The first-order chi connectivity index (χ1) is 9.63. The van der Waals surface area contributed by atoms with Gasteiger partial charge in [0.15, 0.2) is 5.75 Å². The van der Waals surface area contributed by atoms with Crippen LogP contribution in [0, 0.1) is 0 Å². The number of nitrogen functional groups attached to an aromatic ring is 1. The normalized spacial score (nSPS) is 10.7. The summed E-state index contributed by atoms with van der Waals surface area (Å²) in [4.78, 5) is 0. The average molecular weight is 349 g/mol. The van der Waals surface area contributed by atoms with E-state index in [2.05, 4.69) is 22.0 Å². The number of rotatable bonds is 2. The Morgan fingerprint density at radius 3 is 2.50 bits per heavy atom. The van der Waals surface area contributed by atoms with Gasteiger partial charge in [-0.15, -0.1) is 0 Å². The number of hydrogen-bond acceptors (Lipinski definition) is 2. The van der Waals surface area contributed by atoms with Crippen LogP contribution in [0.5, 0.6) is 11.5 Å². The topological polar surface area (TPSA) is 35.2 Å². The van der Waals surface area contributed by atoms with Crippen LogP contribution in [0.2, 0.25) is 5.02 Å². The minimum Gasteiger partial charge on any atom is -0.454 e. The van der Waals surface area contributed by atoms with E-state index >= 15 is 0 Å². The molecule has 0 saturated carbocycles. The Labute approximate surface area is 130 Å². The molecule has 0 bridgehead atoms. The number of fused-ring (bicyclic) bond motifs is 1. The molecule has 100 valence electrons. The number of benzene rings is 3. The summed E-state index contributed by atoms with van der Waals surface area (Å²) in [7, 11) is 0. The summed E-state index contributed by atoms with van der Waals surface area (Å²) in [5, 5.41) is 2.73. The Balaban J connectivity index is 2.01. The highest BCUT2D eigenvalue weighted by atomic mass is 79.9. The Morgan fingerprint density at radius 1 is 0.950 bits per heavy atom. The third-order valence-electron chi connectivity index (χ3n) is 2.99. The predicted octanol–water partition coefficient (Wildman–Crippen LogP) is 5.63. The second kappa shape index (κ2) is 5.35. The number of nitrogens with two attached hydrogens (primary N) is 1. The van der Waals surface area contributed by atoms with Crippen LogP contribution in [-0.2, 0) is 0 Å². The van der Waals surface area contributed by atoms with Gasteiger partial charge in [0.05, 0.1) is 10.7 Å². The Morgan fingerprint density at radius 2 is 1.70 bits per heavy atom. The van der Waals surface area contributed by atoms with Gasteiger partial charge in [0.25, 0.3) is 0 Å². The van der Waals surface area contributed by atoms with Crippen molar-refractivity contribution in [2.45, 2.75) is 0 Å². The second-order valence-electron chi connectivity index (χ2n) is 4.41. The van der Waals surface area contributed by atoms with Gasteiger partial charge in [-0.2, -0.15) is 0 Å². The molecule has 0 fully saturated rings. The van der Waals surface area contributed by atoms with Gasteiger partial charge in [-0.05, 0) is 47.2 Å². The maximum absolute atomic E-state index is 6.11. The van der Waals surface area contributed by atoms with E-state index < -0.39 is 0 Å². The van der Waals surface area contributed by atoms with Crippen molar-refractivity contribution < 1.29 is 4.74 Å². The molecule has 3 rings (SSSR count). The van der Waals surface area contributed by atoms with Gasteiger partial charge in [-0.25, -0.2) is 0 Å². The molecule has 20 heavy (non-hydrogen) atoms. The van der Waals surface area contributed by atoms with Crippen molar-refractivity contribution in [2.24, 2.45) is 0 Å². The summed E-state index contributed by atoms with van der Waals surface area (Å²) in [6, 6.07) is 17.3. The molecule has 0 spiro atoms. The van der Waals surface area contributed by atoms with Crippen molar-refractivity contribution in [2.75, 3.05) is 5.73 Å². The van der Waals surface area contributed by atoms with Gasteiger partial charge in [0.2, 0.25) is 0 Å². The molecule has 4 heteroatoms. The lowest BCUT2D eigenvalue weighted by molar-refractivity contribution is 0.486. The average Bonchev–Trinajstić information content (AvgIpc) is 2.43. The molecule has 0 amide bonds. The lowest BCUT2D eigenvalue weighted by Gasteiger charge is -2.10. The molecule has 0 radical (unpaired) electrons. The van der Waals surface area contributed by atoms with Crippen LogP contribution in [0.4, 0.5) is 5.69 Å². The van der Waals surface area contributed by atoms with E-state index in [1.807, 2.05) is 30.3 Å². The van der Waals surface area contributed by atoms with Crippen LogP contribution in [-0.4, -0.2) is 0 Å². The van der Waals surface area contributed by atoms with Crippen molar-refractivity contribution in [3.05, 3.63) is 64.1 Å². The Hall–Kier alpha value is -1.71. The monoisotopic (exact) mass is 347 g/mol. The molecule has 3 aromatic rings. The van der Waals surface area contributed by atoms with E-state index in [4.69, 9.17) is 22.1 Å². The maximum atomic E-state index is 6.11. The van der Waals surface area contributed by atoms with E-state index in [1.54, 1.807) is 18.2 Å². The second-order valence-corrected chi connectivity index (χ2v) is 5.74. The highest BCUT2D eigenvalue weighted by Gasteiger charge is 2.07. The first kappa shape index (κ1) is 13.3. The highest BCUT2D eigenvalue weighted by molar-refractivity contribution is 9.10. The van der Waals surface area contributed by atoms with Gasteiger partial charge in [-0.1, -0.05) is 45.7 Å². The van der Waals surface area contributed by atoms with Crippen LogP contribution in [0.1, 0.15) is 0 Å². The molecule has 0 saturated heterocycles. The van der Waals surface area contributed by atoms with Gasteiger partial charge >= 0.3 is 0 Å². The van der Waals surface area contributed by atoms with E-state index in [-0.39, 0.29) is 0 Å². The third kappa shape index (κ3) is 2.60. The molecule has 3 aromatic carbocycles. The van der Waals surface area contributed by atoms with Crippen molar-refractivity contribution in [1.82, 2.24) is 0 Å². The largest absolute Gasteiger partial charge is 0.454 e. The third-order valence-corrected chi connectivity index (χ3v) is 3.78. The van der Waals surface area contributed by atoms with Crippen molar-refractivity contribution in [1.29, 1.82) is 0 Å². The quantitative estimate of drug-likeness (QED) is 0.609. The SMILES string of the molecule is Nc1cccc(Cl)c1Oc1ccc2cc(Br)ccc2c1. The summed E-state index contributed by atoms with van der Waals surface area (Å²) >= 11 is 9.57.